The predicted molar refractivity (Wildman–Crippen MR) is 72.1 cm³/mol. The van der Waals surface area contributed by atoms with Gasteiger partial charge in [-0.05, 0) is 18.2 Å². The number of hydrogen-bond acceptors (Lipinski definition) is 5. The van der Waals surface area contributed by atoms with Gasteiger partial charge in [-0.25, -0.2) is 9.78 Å². The van der Waals surface area contributed by atoms with E-state index in [9.17, 15) is 4.79 Å². The number of aromatic nitrogens is 2. The molecule has 0 spiro atoms. The van der Waals surface area contributed by atoms with Crippen molar-refractivity contribution in [2.75, 3.05) is 12.4 Å². The van der Waals surface area contributed by atoms with Crippen LogP contribution in [-0.2, 0) is 7.05 Å². The van der Waals surface area contributed by atoms with E-state index in [1.807, 2.05) is 30.6 Å². The fourth-order valence-corrected chi connectivity index (χ4v) is 2.60. The zero-order valence-corrected chi connectivity index (χ0v) is 10.7. The molecule has 5 nitrogen and oxygen atoms in total. The van der Waals surface area contributed by atoms with Crippen LogP contribution in [0.1, 0.15) is 0 Å². The number of oxazole rings is 1. The number of anilines is 1. The maximum absolute atomic E-state index is 11.4. The van der Waals surface area contributed by atoms with Crippen LogP contribution in [0, 0.1) is 0 Å². The molecule has 0 amide bonds. The van der Waals surface area contributed by atoms with Gasteiger partial charge in [0.2, 0.25) is 0 Å². The van der Waals surface area contributed by atoms with Gasteiger partial charge in [-0.2, -0.15) is 0 Å². The summed E-state index contributed by atoms with van der Waals surface area (Å²) in [7, 11) is 3.52. The molecule has 0 saturated heterocycles. The lowest BCUT2D eigenvalue weighted by atomic mass is 10.2. The van der Waals surface area contributed by atoms with E-state index < -0.39 is 0 Å². The summed E-state index contributed by atoms with van der Waals surface area (Å²) >= 11 is 1.55. The first kappa shape index (κ1) is 11.0. The molecule has 0 fully saturated rings. The van der Waals surface area contributed by atoms with E-state index in [1.165, 1.54) is 4.57 Å². The van der Waals surface area contributed by atoms with E-state index >= 15 is 0 Å². The van der Waals surface area contributed by atoms with Crippen LogP contribution in [0.3, 0.4) is 0 Å². The summed E-state index contributed by atoms with van der Waals surface area (Å²) in [6.07, 6.45) is 0. The Morgan fingerprint density at radius 3 is 3.00 bits per heavy atom. The van der Waals surface area contributed by atoms with Crippen molar-refractivity contribution in [3.63, 3.8) is 0 Å². The maximum atomic E-state index is 11.4. The molecular weight excluding hydrogens is 250 g/mol. The van der Waals surface area contributed by atoms with E-state index in [0.717, 1.165) is 21.9 Å². The van der Waals surface area contributed by atoms with Crippen LogP contribution in [0.5, 0.6) is 0 Å². The van der Waals surface area contributed by atoms with Crippen molar-refractivity contribution in [1.82, 2.24) is 9.55 Å². The van der Waals surface area contributed by atoms with Gasteiger partial charge < -0.3 is 9.73 Å². The highest BCUT2D eigenvalue weighted by atomic mass is 32.1. The Kier molecular flexibility index (Phi) is 2.45. The van der Waals surface area contributed by atoms with Crippen LogP contribution in [0.25, 0.3) is 21.7 Å². The first-order chi connectivity index (χ1) is 8.69. The quantitative estimate of drug-likeness (QED) is 0.769. The molecule has 0 aliphatic heterocycles. The lowest BCUT2D eigenvalue weighted by Crippen LogP contribution is -2.08. The van der Waals surface area contributed by atoms with Gasteiger partial charge in [0, 0.05) is 25.0 Å². The molecule has 0 unspecified atom stereocenters. The topological polar surface area (TPSA) is 60.1 Å². The maximum Gasteiger partial charge on any atom is 0.419 e. The molecular formula is C12H11N3O2S. The molecule has 0 bridgehead atoms. The van der Waals surface area contributed by atoms with Crippen LogP contribution < -0.4 is 11.1 Å². The summed E-state index contributed by atoms with van der Waals surface area (Å²) in [6, 6.07) is 5.65. The lowest BCUT2D eigenvalue weighted by Gasteiger charge is -1.96. The molecule has 3 rings (SSSR count). The van der Waals surface area contributed by atoms with E-state index in [0.29, 0.717) is 5.58 Å². The number of benzene rings is 1. The summed E-state index contributed by atoms with van der Waals surface area (Å²) in [5.41, 5.74) is 2.32. The largest absolute Gasteiger partial charge is 0.419 e. The van der Waals surface area contributed by atoms with Crippen LogP contribution >= 0.6 is 11.3 Å². The third-order valence-electron chi connectivity index (χ3n) is 2.80. The van der Waals surface area contributed by atoms with Gasteiger partial charge >= 0.3 is 5.76 Å². The predicted octanol–water partition coefficient (Wildman–Crippen LogP) is 2.30. The molecule has 2 aromatic heterocycles. The highest BCUT2D eigenvalue weighted by molar-refractivity contribution is 7.13. The first-order valence-corrected chi connectivity index (χ1v) is 6.30. The molecule has 3 aromatic rings. The van der Waals surface area contributed by atoms with Gasteiger partial charge in [-0.3, -0.25) is 4.57 Å². The molecule has 0 aliphatic rings. The van der Waals surface area contributed by atoms with Crippen molar-refractivity contribution >= 4 is 28.3 Å². The Morgan fingerprint density at radius 2 is 2.28 bits per heavy atom. The Morgan fingerprint density at radius 1 is 1.44 bits per heavy atom. The number of fused-ring (bicyclic) bond motifs is 1. The molecule has 0 saturated carbocycles. The molecule has 0 aliphatic carbocycles. The SMILES string of the molecule is CNc1csc(-c2ccc3c(c2)oc(=O)n3C)n1. The van der Waals surface area contributed by atoms with Gasteiger partial charge in [0.15, 0.2) is 5.58 Å². The average Bonchev–Trinajstić information content (AvgIpc) is 2.95. The Hall–Kier alpha value is -2.08. The summed E-state index contributed by atoms with van der Waals surface area (Å²) < 4.78 is 6.65. The van der Waals surface area contributed by atoms with E-state index in [1.54, 1.807) is 18.4 Å². The van der Waals surface area contributed by atoms with Crippen molar-refractivity contribution in [2.45, 2.75) is 0 Å². The minimum absolute atomic E-state index is 0.350. The zero-order valence-electron chi connectivity index (χ0n) is 9.93. The van der Waals surface area contributed by atoms with Crippen LogP contribution in [0.2, 0.25) is 0 Å². The number of nitrogens with one attached hydrogen (secondary N) is 1. The smallest absolute Gasteiger partial charge is 0.408 e. The van der Waals surface area contributed by atoms with Gasteiger partial charge in [0.25, 0.3) is 0 Å². The van der Waals surface area contributed by atoms with E-state index in [4.69, 9.17) is 4.42 Å². The molecule has 92 valence electrons. The highest BCUT2D eigenvalue weighted by Gasteiger charge is 2.09. The van der Waals surface area contributed by atoms with Gasteiger partial charge in [0.1, 0.15) is 10.8 Å². The van der Waals surface area contributed by atoms with E-state index in [-0.39, 0.29) is 5.76 Å². The summed E-state index contributed by atoms with van der Waals surface area (Å²) in [5.74, 6) is 0.488. The molecule has 0 radical (unpaired) electrons. The standard InChI is InChI=1S/C12H11N3O2S/c1-13-10-6-18-11(14-10)7-3-4-8-9(5-7)17-12(16)15(8)2/h3-6,13H,1-2H3. The molecule has 6 heteroatoms. The highest BCUT2D eigenvalue weighted by Crippen LogP contribution is 2.28. The summed E-state index contributed by atoms with van der Waals surface area (Å²) in [6.45, 7) is 0. The minimum atomic E-state index is -0.350. The molecule has 2 heterocycles. The molecule has 1 N–H and O–H groups in total. The van der Waals surface area contributed by atoms with Crippen LogP contribution in [-0.4, -0.2) is 16.6 Å². The fraction of sp³-hybridized carbons (Fsp3) is 0.167. The van der Waals surface area contributed by atoms with Crippen molar-refractivity contribution in [3.8, 4) is 10.6 Å². The lowest BCUT2D eigenvalue weighted by molar-refractivity contribution is 0.528. The fourth-order valence-electron chi connectivity index (χ4n) is 1.79. The average molecular weight is 261 g/mol. The minimum Gasteiger partial charge on any atom is -0.408 e. The number of rotatable bonds is 2. The van der Waals surface area contributed by atoms with Crippen molar-refractivity contribution in [2.24, 2.45) is 7.05 Å². The Labute approximate surface area is 107 Å². The Bertz CT molecular complexity index is 769. The van der Waals surface area contributed by atoms with Crippen LogP contribution in [0.4, 0.5) is 5.82 Å². The van der Waals surface area contributed by atoms with Crippen molar-refractivity contribution in [3.05, 3.63) is 34.1 Å². The van der Waals surface area contributed by atoms with Gasteiger partial charge in [-0.1, -0.05) is 0 Å². The third-order valence-corrected chi connectivity index (χ3v) is 3.69. The van der Waals surface area contributed by atoms with Crippen molar-refractivity contribution in [1.29, 1.82) is 0 Å². The summed E-state index contributed by atoms with van der Waals surface area (Å²) in [5, 5.41) is 5.83. The third kappa shape index (κ3) is 1.62. The number of aryl methyl sites for hydroxylation is 1. The van der Waals surface area contributed by atoms with Gasteiger partial charge in [-0.15, -0.1) is 11.3 Å². The monoisotopic (exact) mass is 261 g/mol. The normalized spacial score (nSPS) is 11.0. The second-order valence-electron chi connectivity index (χ2n) is 3.90. The summed E-state index contributed by atoms with van der Waals surface area (Å²) in [4.78, 5) is 15.8. The number of thiazole rings is 1. The second kappa shape index (κ2) is 3.99. The van der Waals surface area contributed by atoms with Crippen molar-refractivity contribution < 1.29 is 4.42 Å². The Balaban J connectivity index is 2.16. The van der Waals surface area contributed by atoms with E-state index in [2.05, 4.69) is 10.3 Å². The van der Waals surface area contributed by atoms with Crippen LogP contribution in [0.15, 0.2) is 32.8 Å². The number of hydrogen-bond donors (Lipinski definition) is 1. The second-order valence-corrected chi connectivity index (χ2v) is 4.76. The molecule has 0 atom stereocenters. The zero-order chi connectivity index (χ0) is 12.7. The molecule has 1 aromatic carbocycles. The molecule has 18 heavy (non-hydrogen) atoms. The first-order valence-electron chi connectivity index (χ1n) is 5.42. The van der Waals surface area contributed by atoms with Gasteiger partial charge in [0.05, 0.1) is 5.52 Å². The number of nitrogens with zero attached hydrogens (tertiary/aromatic N) is 2.